The van der Waals surface area contributed by atoms with E-state index in [0.29, 0.717) is 23.2 Å². The fraction of sp³-hybridized carbons (Fsp3) is 0.500. The maximum atomic E-state index is 13.2. The number of rotatable bonds is 6. The number of aromatic amines is 1. The molecule has 1 aliphatic heterocycles. The number of benzene rings is 1. The molecule has 2 heterocycles. The number of nitrogens with zero attached hydrogens (tertiary/aromatic N) is 1. The number of carboxylic acids is 1. The standard InChI is InChI=1S/C20H27N3O5S/c1-11-12(2)18(13(3)15-6-7-20(4,5)28-17(11)15)29(26,27)23-16(19(24)25)8-14-9-21-10-22-14/h9-10,16,23H,6-8H2,1-5H3,(H,21,22)(H,24,25). The molecule has 3 rings (SSSR count). The van der Waals surface area contributed by atoms with Crippen molar-refractivity contribution in [2.75, 3.05) is 0 Å². The summed E-state index contributed by atoms with van der Waals surface area (Å²) in [6.07, 6.45) is 4.38. The Morgan fingerprint density at radius 1 is 1.31 bits per heavy atom. The van der Waals surface area contributed by atoms with Gasteiger partial charge in [-0.05, 0) is 69.7 Å². The second-order valence-corrected chi connectivity index (χ2v) is 9.80. The highest BCUT2D eigenvalue weighted by Crippen LogP contribution is 2.42. The van der Waals surface area contributed by atoms with Crippen molar-refractivity contribution in [3.05, 3.63) is 40.5 Å². The Kier molecular flexibility index (Phi) is 5.48. The van der Waals surface area contributed by atoms with Gasteiger partial charge in [-0.3, -0.25) is 4.79 Å². The van der Waals surface area contributed by atoms with Gasteiger partial charge in [0.15, 0.2) is 0 Å². The maximum absolute atomic E-state index is 13.2. The highest BCUT2D eigenvalue weighted by Gasteiger charge is 2.35. The summed E-state index contributed by atoms with van der Waals surface area (Å²) in [5.41, 5.74) is 2.95. The summed E-state index contributed by atoms with van der Waals surface area (Å²) in [6.45, 7) is 9.35. The van der Waals surface area contributed by atoms with Gasteiger partial charge in [-0.2, -0.15) is 4.72 Å². The molecule has 0 bridgehead atoms. The molecule has 1 aliphatic rings. The van der Waals surface area contributed by atoms with Gasteiger partial charge in [0.2, 0.25) is 10.0 Å². The summed E-state index contributed by atoms with van der Waals surface area (Å²) in [6, 6.07) is -1.33. The van der Waals surface area contributed by atoms with Gasteiger partial charge in [0.25, 0.3) is 0 Å². The number of carboxylic acid groups (broad SMARTS) is 1. The highest BCUT2D eigenvalue weighted by atomic mass is 32.2. The average molecular weight is 422 g/mol. The Balaban J connectivity index is 2.02. The van der Waals surface area contributed by atoms with E-state index in [4.69, 9.17) is 4.74 Å². The van der Waals surface area contributed by atoms with Crippen molar-refractivity contribution in [1.29, 1.82) is 0 Å². The van der Waals surface area contributed by atoms with Crippen LogP contribution in [0.5, 0.6) is 5.75 Å². The molecule has 3 N–H and O–H groups in total. The number of hydrogen-bond donors (Lipinski definition) is 3. The van der Waals surface area contributed by atoms with Gasteiger partial charge in [0.05, 0.1) is 16.9 Å². The number of imidazole rings is 1. The Morgan fingerprint density at radius 3 is 2.59 bits per heavy atom. The van der Waals surface area contributed by atoms with Gasteiger partial charge in [-0.1, -0.05) is 0 Å². The van der Waals surface area contributed by atoms with Crippen LogP contribution in [0.25, 0.3) is 0 Å². The molecule has 2 aromatic rings. The van der Waals surface area contributed by atoms with Crippen LogP contribution in [-0.4, -0.2) is 41.1 Å². The summed E-state index contributed by atoms with van der Waals surface area (Å²) in [4.78, 5) is 18.6. The van der Waals surface area contributed by atoms with Crippen molar-refractivity contribution in [2.45, 2.75) is 70.4 Å². The van der Waals surface area contributed by atoms with E-state index in [1.54, 1.807) is 20.0 Å². The number of hydrogen-bond acceptors (Lipinski definition) is 5. The van der Waals surface area contributed by atoms with Crippen molar-refractivity contribution in [2.24, 2.45) is 0 Å². The smallest absolute Gasteiger partial charge is 0.322 e. The van der Waals surface area contributed by atoms with Crippen molar-refractivity contribution < 1.29 is 23.1 Å². The lowest BCUT2D eigenvalue weighted by Crippen LogP contribution is -2.43. The minimum absolute atomic E-state index is 0.0582. The molecule has 1 unspecified atom stereocenters. The number of ether oxygens (including phenoxy) is 1. The number of nitrogens with one attached hydrogen (secondary N) is 2. The zero-order chi connectivity index (χ0) is 21.6. The summed E-state index contributed by atoms with van der Waals surface area (Å²) in [5.74, 6) is -0.520. The van der Waals surface area contributed by atoms with E-state index in [-0.39, 0.29) is 16.9 Å². The van der Waals surface area contributed by atoms with Gasteiger partial charge >= 0.3 is 5.97 Å². The van der Waals surface area contributed by atoms with Crippen LogP contribution in [0.3, 0.4) is 0 Å². The van der Waals surface area contributed by atoms with Crippen molar-refractivity contribution >= 4 is 16.0 Å². The van der Waals surface area contributed by atoms with Crippen LogP contribution in [0.2, 0.25) is 0 Å². The van der Waals surface area contributed by atoms with E-state index in [9.17, 15) is 18.3 Å². The van der Waals surface area contributed by atoms with Crippen molar-refractivity contribution in [3.8, 4) is 5.75 Å². The first-order valence-electron chi connectivity index (χ1n) is 9.47. The lowest BCUT2D eigenvalue weighted by atomic mass is 9.88. The fourth-order valence-corrected chi connectivity index (χ4v) is 5.55. The molecule has 0 radical (unpaired) electrons. The van der Waals surface area contributed by atoms with Gasteiger partial charge in [-0.25, -0.2) is 13.4 Å². The van der Waals surface area contributed by atoms with Crippen LogP contribution in [0.4, 0.5) is 0 Å². The summed E-state index contributed by atoms with van der Waals surface area (Å²) >= 11 is 0. The maximum Gasteiger partial charge on any atom is 0.322 e. The van der Waals surface area contributed by atoms with Crippen molar-refractivity contribution in [3.63, 3.8) is 0 Å². The highest BCUT2D eigenvalue weighted by molar-refractivity contribution is 7.89. The molecule has 9 heteroatoms. The molecular weight excluding hydrogens is 394 g/mol. The molecule has 29 heavy (non-hydrogen) atoms. The van der Waals surface area contributed by atoms with Gasteiger partial charge < -0.3 is 14.8 Å². The van der Waals surface area contributed by atoms with E-state index >= 15 is 0 Å². The number of fused-ring (bicyclic) bond motifs is 1. The predicted molar refractivity (Wildman–Crippen MR) is 108 cm³/mol. The lowest BCUT2D eigenvalue weighted by molar-refractivity contribution is -0.138. The normalized spacial score (nSPS) is 16.7. The molecule has 1 aromatic carbocycles. The lowest BCUT2D eigenvalue weighted by Gasteiger charge is -2.35. The Labute approximate surface area is 170 Å². The van der Waals surface area contributed by atoms with Crippen molar-refractivity contribution in [1.82, 2.24) is 14.7 Å². The van der Waals surface area contributed by atoms with Crippen LogP contribution < -0.4 is 9.46 Å². The van der Waals surface area contributed by atoms with Gasteiger partial charge in [0.1, 0.15) is 17.4 Å². The first kappa shape index (κ1) is 21.3. The van der Waals surface area contributed by atoms with E-state index in [2.05, 4.69) is 14.7 Å². The second kappa shape index (κ2) is 7.46. The zero-order valence-electron chi connectivity index (χ0n) is 17.3. The second-order valence-electron chi connectivity index (χ2n) is 8.15. The Morgan fingerprint density at radius 2 is 2.00 bits per heavy atom. The third-order valence-corrected chi connectivity index (χ3v) is 7.24. The van der Waals surface area contributed by atoms with Gasteiger partial charge in [-0.15, -0.1) is 0 Å². The summed E-state index contributed by atoms with van der Waals surface area (Å²) < 4.78 is 35.0. The van der Waals surface area contributed by atoms with E-state index in [1.807, 2.05) is 20.8 Å². The zero-order valence-corrected chi connectivity index (χ0v) is 18.1. The quantitative estimate of drug-likeness (QED) is 0.659. The molecule has 0 amide bonds. The number of aliphatic carboxylic acids is 1. The summed E-state index contributed by atoms with van der Waals surface area (Å²) in [5, 5.41) is 9.54. The Bertz CT molecular complexity index is 1040. The largest absolute Gasteiger partial charge is 0.487 e. The molecule has 1 atom stereocenters. The number of aromatic nitrogens is 2. The third-order valence-electron chi connectivity index (χ3n) is 5.50. The molecule has 0 saturated carbocycles. The van der Waals surface area contributed by atoms with E-state index in [1.165, 1.54) is 6.33 Å². The topological polar surface area (TPSA) is 121 Å². The van der Waals surface area contributed by atoms with Crippen LogP contribution in [0.1, 0.15) is 48.2 Å². The van der Waals surface area contributed by atoms with Crippen LogP contribution >= 0.6 is 0 Å². The molecule has 1 aromatic heterocycles. The first-order chi connectivity index (χ1) is 13.4. The van der Waals surface area contributed by atoms with E-state index in [0.717, 1.165) is 23.3 Å². The number of carbonyl (C=O) groups is 1. The monoisotopic (exact) mass is 421 g/mol. The predicted octanol–water partition coefficient (Wildman–Crippen LogP) is 2.41. The molecule has 158 valence electrons. The molecule has 8 nitrogen and oxygen atoms in total. The fourth-order valence-electron chi connectivity index (χ4n) is 3.79. The van der Waals surface area contributed by atoms with Gasteiger partial charge in [0, 0.05) is 12.6 Å². The molecule has 0 aliphatic carbocycles. The third kappa shape index (κ3) is 4.16. The van der Waals surface area contributed by atoms with E-state index < -0.39 is 22.0 Å². The number of sulfonamides is 1. The molecule has 0 spiro atoms. The first-order valence-corrected chi connectivity index (χ1v) is 11.0. The minimum atomic E-state index is -4.08. The number of H-pyrrole nitrogens is 1. The van der Waals surface area contributed by atoms with Crippen LogP contribution in [0.15, 0.2) is 17.4 Å². The van der Waals surface area contributed by atoms with Crippen LogP contribution in [0, 0.1) is 20.8 Å². The molecule has 0 fully saturated rings. The Hall–Kier alpha value is -2.39. The SMILES string of the molecule is Cc1c(C)c(S(=O)(=O)NC(Cc2c[nH]cn2)C(=O)O)c(C)c2c1OC(C)(C)CC2. The molecular formula is C20H27N3O5S. The average Bonchev–Trinajstić information content (AvgIpc) is 3.11. The van der Waals surface area contributed by atoms with Crippen LogP contribution in [-0.2, 0) is 27.7 Å². The summed E-state index contributed by atoms with van der Waals surface area (Å²) in [7, 11) is -4.08. The minimum Gasteiger partial charge on any atom is -0.487 e. The molecule has 0 saturated heterocycles.